The maximum absolute atomic E-state index is 11.5. The molecule has 0 heterocycles. The van der Waals surface area contributed by atoms with Crippen molar-refractivity contribution in [1.82, 2.24) is 4.31 Å². The normalized spacial score (nSPS) is 13.1. The van der Waals surface area contributed by atoms with Crippen molar-refractivity contribution in [2.24, 2.45) is 5.16 Å². The first kappa shape index (κ1) is 19.1. The van der Waals surface area contributed by atoms with E-state index in [4.69, 9.17) is 9.57 Å². The van der Waals surface area contributed by atoms with Gasteiger partial charge in [-0.05, 0) is 39.6 Å². The van der Waals surface area contributed by atoms with Crippen LogP contribution in [0.5, 0.6) is 0 Å². The lowest BCUT2D eigenvalue weighted by Gasteiger charge is -2.22. The first-order chi connectivity index (χ1) is 9.23. The highest BCUT2D eigenvalue weighted by atomic mass is 32.2. The predicted molar refractivity (Wildman–Crippen MR) is 84.0 cm³/mol. The van der Waals surface area contributed by atoms with Gasteiger partial charge in [-0.2, -0.15) is 0 Å². The maximum Gasteiger partial charge on any atom is 0.445 e. The minimum absolute atomic E-state index is 0.266. The molecule has 0 saturated heterocycles. The molecule has 0 spiro atoms. The fourth-order valence-corrected chi connectivity index (χ4v) is 2.49. The Morgan fingerprint density at radius 3 is 2.55 bits per heavy atom. The van der Waals surface area contributed by atoms with Gasteiger partial charge in [0.25, 0.3) is 0 Å². The molecule has 0 bridgehead atoms. The van der Waals surface area contributed by atoms with Crippen LogP contribution in [0.2, 0.25) is 0 Å². The van der Waals surface area contributed by atoms with E-state index in [1.54, 1.807) is 27.2 Å². The molecule has 20 heavy (non-hydrogen) atoms. The number of carbonyl (C=O) groups is 2. The molecule has 1 amide bonds. The fourth-order valence-electron chi connectivity index (χ4n) is 1.12. The van der Waals surface area contributed by atoms with Crippen LogP contribution in [0.25, 0.3) is 0 Å². The smallest absolute Gasteiger partial charge is 0.445 e. The van der Waals surface area contributed by atoms with E-state index in [0.29, 0.717) is 6.61 Å². The van der Waals surface area contributed by atoms with Crippen molar-refractivity contribution >= 4 is 42.0 Å². The van der Waals surface area contributed by atoms with E-state index < -0.39 is 10.8 Å². The quantitative estimate of drug-likeness (QED) is 0.236. The second-order valence-electron chi connectivity index (χ2n) is 4.39. The molecule has 1 unspecified atom stereocenters. The molecule has 0 saturated carbocycles. The zero-order valence-corrected chi connectivity index (χ0v) is 14.3. The van der Waals surface area contributed by atoms with E-state index in [0.717, 1.165) is 0 Å². The second kappa shape index (κ2) is 9.12. The molecule has 0 aromatic heterocycles. The van der Waals surface area contributed by atoms with Gasteiger partial charge in [0.15, 0.2) is 0 Å². The summed E-state index contributed by atoms with van der Waals surface area (Å²) >= 11 is 2.61. The van der Waals surface area contributed by atoms with Gasteiger partial charge in [-0.15, -0.1) is 11.8 Å². The zero-order chi connectivity index (χ0) is 15.8. The monoisotopic (exact) mass is 322 g/mol. The topological polar surface area (TPSA) is 68.2 Å². The number of ether oxygens (including phenoxy) is 1. The number of esters is 1. The average molecular weight is 322 g/mol. The first-order valence-corrected chi connectivity index (χ1v) is 8.17. The number of rotatable bonds is 7. The molecule has 0 aliphatic heterocycles. The number of thioether (sulfide) groups is 1. The molecule has 6 nitrogen and oxygen atoms in total. The molecule has 8 heteroatoms. The summed E-state index contributed by atoms with van der Waals surface area (Å²) in [4.78, 5) is 27.6. The largest absolute Gasteiger partial charge is 0.465 e. The second-order valence-corrected chi connectivity index (χ2v) is 7.30. The van der Waals surface area contributed by atoms with E-state index >= 15 is 0 Å². The SMILES string of the molecule is CCOC(=O)C(C)SC(C)(C)/C=N/OC(=O)N(C)SC. The molecule has 0 N–H and O–H groups in total. The molecule has 0 aliphatic rings. The summed E-state index contributed by atoms with van der Waals surface area (Å²) < 4.78 is 5.80. The molecular formula is C12H22N2O4S2. The van der Waals surface area contributed by atoms with Crippen LogP contribution in [0.15, 0.2) is 5.16 Å². The lowest BCUT2D eigenvalue weighted by Crippen LogP contribution is -2.27. The number of carbonyl (C=O) groups excluding carboxylic acids is 2. The van der Waals surface area contributed by atoms with E-state index in [9.17, 15) is 9.59 Å². The Morgan fingerprint density at radius 1 is 1.45 bits per heavy atom. The molecule has 0 aliphatic carbocycles. The summed E-state index contributed by atoms with van der Waals surface area (Å²) in [5, 5.41) is 3.35. The van der Waals surface area contributed by atoms with Crippen LogP contribution in [-0.2, 0) is 14.4 Å². The van der Waals surface area contributed by atoms with Crippen molar-refractivity contribution in [2.45, 2.75) is 37.7 Å². The van der Waals surface area contributed by atoms with Crippen molar-refractivity contribution in [3.63, 3.8) is 0 Å². The third kappa shape index (κ3) is 7.64. The number of oxime groups is 1. The molecule has 0 aromatic carbocycles. The zero-order valence-electron chi connectivity index (χ0n) is 12.7. The van der Waals surface area contributed by atoms with Gasteiger partial charge in [0.1, 0.15) is 5.25 Å². The third-order valence-electron chi connectivity index (χ3n) is 2.12. The van der Waals surface area contributed by atoms with Crippen LogP contribution in [-0.4, -0.2) is 52.5 Å². The van der Waals surface area contributed by atoms with Crippen molar-refractivity contribution in [1.29, 1.82) is 0 Å². The Balaban J connectivity index is 4.37. The highest BCUT2D eigenvalue weighted by molar-refractivity contribution is 8.02. The molecule has 1 atom stereocenters. The van der Waals surface area contributed by atoms with Crippen molar-refractivity contribution in [2.75, 3.05) is 19.9 Å². The van der Waals surface area contributed by atoms with E-state index in [2.05, 4.69) is 5.16 Å². The van der Waals surface area contributed by atoms with Gasteiger partial charge in [0.2, 0.25) is 0 Å². The van der Waals surface area contributed by atoms with E-state index in [1.807, 2.05) is 13.8 Å². The Hall–Kier alpha value is -0.890. The van der Waals surface area contributed by atoms with Gasteiger partial charge in [-0.25, -0.2) is 4.79 Å². The number of nitrogens with zero attached hydrogens (tertiary/aromatic N) is 2. The van der Waals surface area contributed by atoms with Gasteiger partial charge in [0.05, 0.1) is 12.8 Å². The van der Waals surface area contributed by atoms with Gasteiger partial charge in [-0.1, -0.05) is 5.16 Å². The molecule has 0 rings (SSSR count). The highest BCUT2D eigenvalue weighted by Crippen LogP contribution is 2.27. The summed E-state index contributed by atoms with van der Waals surface area (Å²) in [6, 6.07) is 0. The molecule has 0 fully saturated rings. The van der Waals surface area contributed by atoms with Crippen molar-refractivity contribution in [3.05, 3.63) is 0 Å². The summed E-state index contributed by atoms with van der Waals surface area (Å²) in [6.45, 7) is 7.65. The standard InChI is InChI=1S/C12H22N2O4S2/c1-7-17-10(15)9(2)20-12(3,4)8-13-18-11(16)14(5)19-6/h8-9H,7H2,1-6H3/b13-8+. The Bertz CT molecular complexity index is 361. The fraction of sp³-hybridized carbons (Fsp3) is 0.750. The van der Waals surface area contributed by atoms with Crippen LogP contribution in [0, 0.1) is 0 Å². The minimum atomic E-state index is -0.548. The Morgan fingerprint density at radius 2 is 2.05 bits per heavy atom. The van der Waals surface area contributed by atoms with Crippen molar-refractivity contribution in [3.8, 4) is 0 Å². The number of hydrogen-bond acceptors (Lipinski definition) is 7. The third-order valence-corrected chi connectivity index (χ3v) is 4.08. The Kier molecular flexibility index (Phi) is 8.71. The van der Waals surface area contributed by atoms with Crippen LogP contribution < -0.4 is 0 Å². The van der Waals surface area contributed by atoms with Gasteiger partial charge in [-0.3, -0.25) is 13.9 Å². The number of amides is 1. The van der Waals surface area contributed by atoms with Crippen LogP contribution in [0.3, 0.4) is 0 Å². The minimum Gasteiger partial charge on any atom is -0.465 e. The van der Waals surface area contributed by atoms with E-state index in [-0.39, 0.29) is 11.2 Å². The lowest BCUT2D eigenvalue weighted by molar-refractivity contribution is -0.142. The lowest BCUT2D eigenvalue weighted by atomic mass is 10.2. The average Bonchev–Trinajstić information content (AvgIpc) is 2.36. The van der Waals surface area contributed by atoms with Gasteiger partial charge < -0.3 is 4.74 Å². The van der Waals surface area contributed by atoms with Crippen molar-refractivity contribution < 1.29 is 19.2 Å². The summed E-state index contributed by atoms with van der Waals surface area (Å²) in [5.41, 5.74) is 0. The molecule has 0 radical (unpaired) electrons. The number of hydrogen-bond donors (Lipinski definition) is 0. The summed E-state index contributed by atoms with van der Waals surface area (Å²) in [7, 11) is 1.59. The molecule has 116 valence electrons. The van der Waals surface area contributed by atoms with Crippen LogP contribution in [0.1, 0.15) is 27.7 Å². The van der Waals surface area contributed by atoms with Gasteiger partial charge >= 0.3 is 12.1 Å². The molecule has 0 aromatic rings. The van der Waals surface area contributed by atoms with Crippen LogP contribution >= 0.6 is 23.7 Å². The Labute approximate surface area is 128 Å². The van der Waals surface area contributed by atoms with Crippen LogP contribution in [0.4, 0.5) is 4.79 Å². The first-order valence-electron chi connectivity index (χ1n) is 6.11. The van der Waals surface area contributed by atoms with E-state index in [1.165, 1.54) is 34.2 Å². The summed E-state index contributed by atoms with van der Waals surface area (Å²) in [5.74, 6) is -0.266. The maximum atomic E-state index is 11.5. The molecular weight excluding hydrogens is 300 g/mol. The predicted octanol–water partition coefficient (Wildman–Crippen LogP) is 2.78. The highest BCUT2D eigenvalue weighted by Gasteiger charge is 2.25. The summed E-state index contributed by atoms with van der Waals surface area (Å²) in [6.07, 6.45) is 2.71. The van der Waals surface area contributed by atoms with Gasteiger partial charge in [0, 0.05) is 18.1 Å².